The highest BCUT2D eigenvalue weighted by atomic mass is 32.1. The third kappa shape index (κ3) is 3.27. The van der Waals surface area contributed by atoms with E-state index in [0.717, 1.165) is 18.4 Å². The molecule has 2 aromatic carbocycles. The van der Waals surface area contributed by atoms with Crippen molar-refractivity contribution in [2.24, 2.45) is 0 Å². The van der Waals surface area contributed by atoms with Crippen LogP contribution in [0.3, 0.4) is 0 Å². The molecule has 0 unspecified atom stereocenters. The van der Waals surface area contributed by atoms with Crippen LogP contribution in [-0.4, -0.2) is 17.6 Å². The molecule has 0 bridgehead atoms. The Morgan fingerprint density at radius 1 is 1.17 bits per heavy atom. The first-order valence-electron chi connectivity index (χ1n) is 7.75. The van der Waals surface area contributed by atoms with Crippen LogP contribution in [0.25, 0.3) is 21.8 Å². The van der Waals surface area contributed by atoms with Crippen LogP contribution >= 0.6 is 12.6 Å². The normalized spacial score (nSPS) is 12.0. The standard InChI is InChI=1S/C19H19NO2S/c1-2-22-19(21)17(23)12-6-8-13-7-5-10-15-14-9-3-4-11-16(14)20-18(13)15/h3-5,7,9-12,20,23H,2,6,8H2,1H3. The van der Waals surface area contributed by atoms with Crippen molar-refractivity contribution < 1.29 is 9.53 Å². The summed E-state index contributed by atoms with van der Waals surface area (Å²) < 4.78 is 4.93. The van der Waals surface area contributed by atoms with Gasteiger partial charge < -0.3 is 9.72 Å². The number of aryl methyl sites for hydroxylation is 1. The van der Waals surface area contributed by atoms with Gasteiger partial charge in [0.1, 0.15) is 0 Å². The average molecular weight is 325 g/mol. The number of aromatic nitrogens is 1. The second-order valence-corrected chi connectivity index (χ2v) is 5.84. The van der Waals surface area contributed by atoms with Crippen molar-refractivity contribution in [2.45, 2.75) is 19.8 Å². The highest BCUT2D eigenvalue weighted by Gasteiger charge is 2.08. The number of benzene rings is 2. The Labute approximate surface area is 140 Å². The molecule has 23 heavy (non-hydrogen) atoms. The van der Waals surface area contributed by atoms with Crippen LogP contribution in [0, 0.1) is 0 Å². The lowest BCUT2D eigenvalue weighted by Crippen LogP contribution is -2.03. The fourth-order valence-corrected chi connectivity index (χ4v) is 2.99. The number of fused-ring (bicyclic) bond motifs is 3. The van der Waals surface area contributed by atoms with Gasteiger partial charge in [-0.05, 0) is 31.4 Å². The zero-order valence-corrected chi connectivity index (χ0v) is 13.9. The van der Waals surface area contributed by atoms with Crippen LogP contribution < -0.4 is 0 Å². The van der Waals surface area contributed by atoms with E-state index >= 15 is 0 Å². The minimum atomic E-state index is -0.361. The SMILES string of the molecule is CCOC(=O)C(S)=CCCc1cccc2c1[nH]c1ccccc12. The molecule has 0 saturated heterocycles. The van der Waals surface area contributed by atoms with Crippen molar-refractivity contribution in [1.29, 1.82) is 0 Å². The number of carbonyl (C=O) groups excluding carboxylic acids is 1. The van der Waals surface area contributed by atoms with Crippen molar-refractivity contribution in [3.63, 3.8) is 0 Å². The van der Waals surface area contributed by atoms with Gasteiger partial charge in [0, 0.05) is 21.8 Å². The molecule has 0 aliphatic carbocycles. The molecule has 0 atom stereocenters. The third-order valence-electron chi connectivity index (χ3n) is 3.86. The average Bonchev–Trinajstić information content (AvgIpc) is 2.94. The summed E-state index contributed by atoms with van der Waals surface area (Å²) in [5.74, 6) is -0.361. The topological polar surface area (TPSA) is 42.1 Å². The van der Waals surface area contributed by atoms with E-state index in [9.17, 15) is 4.79 Å². The number of esters is 1. The molecule has 0 saturated carbocycles. The number of rotatable bonds is 5. The maximum absolute atomic E-state index is 11.5. The maximum atomic E-state index is 11.5. The van der Waals surface area contributed by atoms with Crippen LogP contribution in [0.1, 0.15) is 18.9 Å². The molecular weight excluding hydrogens is 306 g/mol. The molecule has 1 aromatic heterocycles. The molecule has 3 nitrogen and oxygen atoms in total. The van der Waals surface area contributed by atoms with Gasteiger partial charge in [0.05, 0.1) is 11.5 Å². The zero-order valence-electron chi connectivity index (χ0n) is 13.0. The molecule has 1 N–H and O–H groups in total. The van der Waals surface area contributed by atoms with E-state index in [-0.39, 0.29) is 5.97 Å². The summed E-state index contributed by atoms with van der Waals surface area (Å²) >= 11 is 4.20. The number of H-pyrrole nitrogens is 1. The molecule has 0 fully saturated rings. The first kappa shape index (κ1) is 15.7. The van der Waals surface area contributed by atoms with Gasteiger partial charge >= 0.3 is 5.97 Å². The number of nitrogens with one attached hydrogen (secondary N) is 1. The van der Waals surface area contributed by atoms with E-state index in [1.54, 1.807) is 6.92 Å². The number of thiol groups is 1. The van der Waals surface area contributed by atoms with Gasteiger partial charge in [-0.2, -0.15) is 0 Å². The van der Waals surface area contributed by atoms with Crippen molar-refractivity contribution in [2.75, 3.05) is 6.61 Å². The number of aromatic amines is 1. The highest BCUT2D eigenvalue weighted by molar-refractivity contribution is 7.85. The minimum Gasteiger partial charge on any atom is -0.462 e. The lowest BCUT2D eigenvalue weighted by Gasteiger charge is -2.03. The molecule has 0 aliphatic rings. The van der Waals surface area contributed by atoms with Crippen LogP contribution in [-0.2, 0) is 16.0 Å². The Hall–Kier alpha value is -2.20. The second kappa shape index (κ2) is 6.92. The number of carbonyl (C=O) groups is 1. The van der Waals surface area contributed by atoms with Crippen LogP contribution in [0.4, 0.5) is 0 Å². The monoisotopic (exact) mass is 325 g/mol. The molecule has 3 rings (SSSR count). The summed E-state index contributed by atoms with van der Waals surface area (Å²) in [4.78, 5) is 15.4. The smallest absolute Gasteiger partial charge is 0.343 e. The summed E-state index contributed by atoms with van der Waals surface area (Å²) in [6.07, 6.45) is 3.41. The lowest BCUT2D eigenvalue weighted by molar-refractivity contribution is -0.137. The first-order valence-corrected chi connectivity index (χ1v) is 8.20. The van der Waals surface area contributed by atoms with E-state index in [1.165, 1.54) is 21.9 Å². The first-order chi connectivity index (χ1) is 11.2. The van der Waals surface area contributed by atoms with E-state index in [2.05, 4.69) is 54.0 Å². The van der Waals surface area contributed by atoms with Crippen LogP contribution in [0.15, 0.2) is 53.4 Å². The quantitative estimate of drug-likeness (QED) is 0.408. The zero-order chi connectivity index (χ0) is 16.2. The maximum Gasteiger partial charge on any atom is 0.343 e. The number of hydrogen-bond donors (Lipinski definition) is 2. The van der Waals surface area contributed by atoms with Crippen LogP contribution in [0.5, 0.6) is 0 Å². The van der Waals surface area contributed by atoms with Gasteiger partial charge in [-0.15, -0.1) is 12.6 Å². The van der Waals surface area contributed by atoms with E-state index < -0.39 is 0 Å². The molecule has 3 aromatic rings. The van der Waals surface area contributed by atoms with E-state index in [0.29, 0.717) is 11.5 Å². The summed E-state index contributed by atoms with van der Waals surface area (Å²) in [6, 6.07) is 14.6. The van der Waals surface area contributed by atoms with Gasteiger partial charge in [-0.25, -0.2) is 4.79 Å². The largest absolute Gasteiger partial charge is 0.462 e. The van der Waals surface area contributed by atoms with Crippen molar-refractivity contribution in [3.05, 3.63) is 59.0 Å². The van der Waals surface area contributed by atoms with E-state index in [1.807, 2.05) is 12.1 Å². The predicted molar refractivity (Wildman–Crippen MR) is 97.8 cm³/mol. The second-order valence-electron chi connectivity index (χ2n) is 5.36. The van der Waals surface area contributed by atoms with Gasteiger partial charge in [-0.1, -0.05) is 42.5 Å². The van der Waals surface area contributed by atoms with Gasteiger partial charge in [-0.3, -0.25) is 0 Å². The van der Waals surface area contributed by atoms with Crippen molar-refractivity contribution in [1.82, 2.24) is 4.98 Å². The molecular formula is C19H19NO2S. The van der Waals surface area contributed by atoms with Crippen LogP contribution in [0.2, 0.25) is 0 Å². The Morgan fingerprint density at radius 2 is 1.96 bits per heavy atom. The van der Waals surface area contributed by atoms with Gasteiger partial charge in [0.25, 0.3) is 0 Å². The fourth-order valence-electron chi connectivity index (χ4n) is 2.79. The number of allylic oxidation sites excluding steroid dienone is 1. The molecule has 4 heteroatoms. The Bertz CT molecular complexity index is 879. The van der Waals surface area contributed by atoms with E-state index in [4.69, 9.17) is 4.74 Å². The highest BCUT2D eigenvalue weighted by Crippen LogP contribution is 2.28. The predicted octanol–water partition coefficient (Wildman–Crippen LogP) is 4.63. The Balaban J connectivity index is 1.84. The summed E-state index contributed by atoms with van der Waals surface area (Å²) in [7, 11) is 0. The van der Waals surface area contributed by atoms with Gasteiger partial charge in [0.15, 0.2) is 0 Å². The number of hydrogen-bond acceptors (Lipinski definition) is 3. The minimum absolute atomic E-state index is 0.361. The lowest BCUT2D eigenvalue weighted by atomic mass is 10.0. The third-order valence-corrected chi connectivity index (χ3v) is 4.23. The molecule has 1 heterocycles. The molecule has 0 radical (unpaired) electrons. The fraction of sp³-hybridized carbons (Fsp3) is 0.211. The summed E-state index contributed by atoms with van der Waals surface area (Å²) in [5, 5.41) is 2.47. The van der Waals surface area contributed by atoms with Crippen molar-refractivity contribution >= 4 is 40.4 Å². The molecule has 118 valence electrons. The van der Waals surface area contributed by atoms with Crippen molar-refractivity contribution in [3.8, 4) is 0 Å². The molecule has 0 aliphatic heterocycles. The summed E-state index contributed by atoms with van der Waals surface area (Å²) in [5.41, 5.74) is 3.55. The number of ether oxygens (including phenoxy) is 1. The molecule has 0 spiro atoms. The Kier molecular flexibility index (Phi) is 4.72. The number of para-hydroxylation sites is 2. The van der Waals surface area contributed by atoms with Gasteiger partial charge in [0.2, 0.25) is 0 Å². The summed E-state index contributed by atoms with van der Waals surface area (Å²) in [6.45, 7) is 2.15. The molecule has 0 amide bonds. The Morgan fingerprint density at radius 3 is 2.78 bits per heavy atom.